The van der Waals surface area contributed by atoms with Gasteiger partial charge < -0.3 is 10.2 Å². The molecule has 3 saturated carbocycles. The van der Waals surface area contributed by atoms with Gasteiger partial charge in [-0.05, 0) is 68.6 Å². The lowest BCUT2D eigenvalue weighted by molar-refractivity contribution is -0.131. The highest BCUT2D eigenvalue weighted by Gasteiger charge is 2.61. The van der Waals surface area contributed by atoms with E-state index in [1.807, 2.05) is 0 Å². The van der Waals surface area contributed by atoms with Crippen LogP contribution in [0.4, 0.5) is 0 Å². The van der Waals surface area contributed by atoms with Gasteiger partial charge in [0.25, 0.3) is 0 Å². The average Bonchev–Trinajstić information content (AvgIpc) is 2.86. The smallest absolute Gasteiger partial charge is 0.133 e. The number of carbonyl (C=O) groups is 1. The van der Waals surface area contributed by atoms with Gasteiger partial charge in [-0.1, -0.05) is 25.5 Å². The number of fused-ring (bicyclic) bond motifs is 5. The molecule has 2 N–H and O–H groups in total. The maximum atomic E-state index is 12.2. The molecule has 4 aliphatic carbocycles. The van der Waals surface area contributed by atoms with Gasteiger partial charge in [-0.3, -0.25) is 4.79 Å². The highest BCUT2D eigenvalue weighted by Crippen LogP contribution is 2.66. The molecule has 0 bridgehead atoms. The van der Waals surface area contributed by atoms with Crippen molar-refractivity contribution in [2.24, 2.45) is 34.5 Å². The van der Waals surface area contributed by atoms with Crippen LogP contribution in [0.2, 0.25) is 0 Å². The Balaban J connectivity index is 1.69. The number of allylic oxidation sites excluding steroid dienone is 1. The second-order valence-corrected chi connectivity index (χ2v) is 9.52. The van der Waals surface area contributed by atoms with E-state index in [1.165, 1.54) is 12.0 Å². The number of aliphatic hydroxyl groups excluding tert-OH is 2. The van der Waals surface area contributed by atoms with Gasteiger partial charge >= 0.3 is 0 Å². The van der Waals surface area contributed by atoms with Gasteiger partial charge in [0.2, 0.25) is 0 Å². The summed E-state index contributed by atoms with van der Waals surface area (Å²) >= 11 is 0. The number of ketones is 1. The average molecular weight is 332 g/mol. The van der Waals surface area contributed by atoms with E-state index in [-0.39, 0.29) is 16.7 Å². The largest absolute Gasteiger partial charge is 0.393 e. The molecule has 0 aromatic carbocycles. The van der Waals surface area contributed by atoms with Crippen molar-refractivity contribution in [1.82, 2.24) is 0 Å². The Morgan fingerprint density at radius 3 is 2.62 bits per heavy atom. The number of rotatable bonds is 1. The molecule has 3 heteroatoms. The topological polar surface area (TPSA) is 57.5 Å². The van der Waals surface area contributed by atoms with Crippen LogP contribution in [0.15, 0.2) is 11.6 Å². The van der Waals surface area contributed by atoms with Gasteiger partial charge in [0, 0.05) is 17.8 Å². The van der Waals surface area contributed by atoms with E-state index in [2.05, 4.69) is 19.9 Å². The van der Waals surface area contributed by atoms with Crippen LogP contribution < -0.4 is 0 Å². The zero-order valence-corrected chi connectivity index (χ0v) is 15.3. The Bertz CT molecular complexity index is 582. The minimum absolute atomic E-state index is 0.161. The molecule has 0 aliphatic heterocycles. The van der Waals surface area contributed by atoms with Gasteiger partial charge in [-0.15, -0.1) is 0 Å². The fourth-order valence-electron chi connectivity index (χ4n) is 7.37. The van der Waals surface area contributed by atoms with Crippen LogP contribution in [0, 0.1) is 34.5 Å². The first-order chi connectivity index (χ1) is 11.3. The first kappa shape index (κ1) is 16.8. The summed E-state index contributed by atoms with van der Waals surface area (Å²) in [6, 6.07) is 0. The minimum atomic E-state index is -0.435. The number of hydrogen-bond acceptors (Lipinski definition) is 3. The first-order valence-electron chi connectivity index (χ1n) is 9.84. The van der Waals surface area contributed by atoms with Crippen LogP contribution in [0.1, 0.15) is 65.7 Å². The van der Waals surface area contributed by atoms with E-state index in [4.69, 9.17) is 0 Å². The lowest BCUT2D eigenvalue weighted by Gasteiger charge is -2.59. The Hall–Kier alpha value is -0.670. The summed E-state index contributed by atoms with van der Waals surface area (Å²) in [5.74, 6) is 2.31. The summed E-state index contributed by atoms with van der Waals surface area (Å²) in [7, 11) is 0. The van der Waals surface area contributed by atoms with Crippen LogP contribution in [-0.4, -0.2) is 28.2 Å². The standard InChI is InChI=1S/C21H32O3/c1-12(22)16-6-7-17-15-5-4-13-10-14(23)11-19(24)21(13,3)18(15)8-9-20(16,17)2/h4,14-19,23-24H,5-11H2,1-3H3/t14?,15-,16-,17-,18-,19?,20+,21-/m0/s1. The highest BCUT2D eigenvalue weighted by molar-refractivity contribution is 5.79. The van der Waals surface area contributed by atoms with Crippen LogP contribution in [0.5, 0.6) is 0 Å². The predicted octanol–water partition coefficient (Wildman–Crippen LogP) is 3.49. The fourth-order valence-corrected chi connectivity index (χ4v) is 7.37. The molecule has 4 aliphatic rings. The second kappa shape index (κ2) is 5.41. The first-order valence-corrected chi connectivity index (χ1v) is 9.84. The number of Topliss-reactive ketones (excluding diaryl/α,β-unsaturated/α-hetero) is 1. The van der Waals surface area contributed by atoms with E-state index in [1.54, 1.807) is 6.92 Å². The van der Waals surface area contributed by atoms with Crippen molar-refractivity contribution in [2.45, 2.75) is 77.9 Å². The molecule has 0 amide bonds. The molecule has 3 fully saturated rings. The lowest BCUT2D eigenvalue weighted by Crippen LogP contribution is -2.55. The molecule has 3 nitrogen and oxygen atoms in total. The van der Waals surface area contributed by atoms with Crippen LogP contribution in [0.25, 0.3) is 0 Å². The van der Waals surface area contributed by atoms with Crippen LogP contribution in [-0.2, 0) is 4.79 Å². The molecule has 0 spiro atoms. The summed E-state index contributed by atoms with van der Waals surface area (Å²) in [5.41, 5.74) is 1.28. The summed E-state index contributed by atoms with van der Waals surface area (Å²) in [6.45, 7) is 6.37. The van der Waals surface area contributed by atoms with E-state index in [0.717, 1.165) is 32.1 Å². The van der Waals surface area contributed by atoms with E-state index >= 15 is 0 Å². The lowest BCUT2D eigenvalue weighted by atomic mass is 9.46. The van der Waals surface area contributed by atoms with Crippen molar-refractivity contribution in [3.05, 3.63) is 11.6 Å². The third-order valence-electron chi connectivity index (χ3n) is 8.67. The summed E-state index contributed by atoms with van der Waals surface area (Å²) in [5, 5.41) is 20.9. The number of aliphatic hydroxyl groups is 2. The third-order valence-corrected chi connectivity index (χ3v) is 8.67. The van der Waals surface area contributed by atoms with E-state index in [0.29, 0.717) is 30.0 Å². The van der Waals surface area contributed by atoms with E-state index in [9.17, 15) is 15.0 Å². The zero-order chi connectivity index (χ0) is 17.3. The second-order valence-electron chi connectivity index (χ2n) is 9.52. The van der Waals surface area contributed by atoms with Crippen LogP contribution >= 0.6 is 0 Å². The van der Waals surface area contributed by atoms with Gasteiger partial charge in [-0.2, -0.15) is 0 Å². The SMILES string of the molecule is CC(=O)[C@@H]1CC[C@H]2[C@@H]3CC=C4CC(O)CC(O)[C@]4(C)[C@H]3CC[C@]12C. The molecule has 4 rings (SSSR count). The van der Waals surface area contributed by atoms with Gasteiger partial charge in [0.05, 0.1) is 12.2 Å². The molecule has 24 heavy (non-hydrogen) atoms. The Kier molecular flexibility index (Phi) is 3.78. The highest BCUT2D eigenvalue weighted by atomic mass is 16.3. The molecule has 134 valence electrons. The van der Waals surface area contributed by atoms with Crippen molar-refractivity contribution >= 4 is 5.78 Å². The summed E-state index contributed by atoms with van der Waals surface area (Å²) in [6.07, 6.45) is 8.26. The molecule has 0 heterocycles. The van der Waals surface area contributed by atoms with E-state index < -0.39 is 12.2 Å². The van der Waals surface area contributed by atoms with Gasteiger partial charge in [0.15, 0.2) is 0 Å². The zero-order valence-electron chi connectivity index (χ0n) is 15.3. The third kappa shape index (κ3) is 2.07. The molecule has 8 atom stereocenters. The normalized spacial score (nSPS) is 53.6. The molecule has 0 saturated heterocycles. The van der Waals surface area contributed by atoms with Gasteiger partial charge in [-0.25, -0.2) is 0 Å². The summed E-state index contributed by atoms with van der Waals surface area (Å²) in [4.78, 5) is 12.2. The van der Waals surface area contributed by atoms with Gasteiger partial charge in [0.1, 0.15) is 5.78 Å². The molecule has 0 aromatic heterocycles. The summed E-state index contributed by atoms with van der Waals surface area (Å²) < 4.78 is 0. The fraction of sp³-hybridized carbons (Fsp3) is 0.857. The molecular weight excluding hydrogens is 300 g/mol. The minimum Gasteiger partial charge on any atom is -0.393 e. The number of carbonyl (C=O) groups excluding carboxylic acids is 1. The predicted molar refractivity (Wildman–Crippen MR) is 93.3 cm³/mol. The molecule has 0 radical (unpaired) electrons. The molecular formula is C21H32O3. The molecule has 0 aromatic rings. The van der Waals surface area contributed by atoms with Crippen molar-refractivity contribution in [2.75, 3.05) is 0 Å². The maximum absolute atomic E-state index is 12.2. The monoisotopic (exact) mass is 332 g/mol. The van der Waals surface area contributed by atoms with Crippen molar-refractivity contribution < 1.29 is 15.0 Å². The van der Waals surface area contributed by atoms with Crippen molar-refractivity contribution in [1.29, 1.82) is 0 Å². The molecule has 2 unspecified atom stereocenters. The Labute approximate surface area is 145 Å². The van der Waals surface area contributed by atoms with Crippen molar-refractivity contribution in [3.63, 3.8) is 0 Å². The maximum Gasteiger partial charge on any atom is 0.133 e. The number of hydrogen-bond donors (Lipinski definition) is 2. The Morgan fingerprint density at radius 2 is 1.92 bits per heavy atom. The quantitative estimate of drug-likeness (QED) is 0.723. The Morgan fingerprint density at radius 1 is 1.17 bits per heavy atom. The van der Waals surface area contributed by atoms with Crippen molar-refractivity contribution in [3.8, 4) is 0 Å². The van der Waals surface area contributed by atoms with Crippen LogP contribution in [0.3, 0.4) is 0 Å².